The highest BCUT2D eigenvalue weighted by molar-refractivity contribution is 5.93. The van der Waals surface area contributed by atoms with E-state index in [9.17, 15) is 24.0 Å². The molecule has 2 unspecified atom stereocenters. The molecule has 0 aliphatic carbocycles. The summed E-state index contributed by atoms with van der Waals surface area (Å²) in [4.78, 5) is 62.4. The summed E-state index contributed by atoms with van der Waals surface area (Å²) in [5, 5.41) is 21.1. The van der Waals surface area contributed by atoms with Gasteiger partial charge in [-0.3, -0.25) is 24.0 Å². The number of likely N-dealkylation sites (N-methyl/N-ethyl adjacent to an activating group) is 1. The van der Waals surface area contributed by atoms with E-state index >= 15 is 0 Å². The van der Waals surface area contributed by atoms with Gasteiger partial charge in [0.15, 0.2) is 0 Å². The first-order valence-electron chi connectivity index (χ1n) is 20.5. The van der Waals surface area contributed by atoms with E-state index in [1.807, 2.05) is 59.7 Å². The molecule has 11 N–H and O–H groups in total. The monoisotopic (exact) mass is 829 g/mol. The summed E-state index contributed by atoms with van der Waals surface area (Å²) in [5.74, 6) is -0.623. The first kappa shape index (κ1) is 55.8. The smallest absolute Gasteiger partial charge is 0.247 e. The van der Waals surface area contributed by atoms with Crippen molar-refractivity contribution in [3.63, 3.8) is 0 Å². The van der Waals surface area contributed by atoms with Crippen LogP contribution in [0.1, 0.15) is 84.9 Å². The number of benzene rings is 2. The lowest BCUT2D eigenvalue weighted by Gasteiger charge is -2.29. The van der Waals surface area contributed by atoms with Gasteiger partial charge < -0.3 is 58.2 Å². The number of nitrogens with zero attached hydrogens (tertiary/aromatic N) is 2. The van der Waals surface area contributed by atoms with Gasteiger partial charge >= 0.3 is 0 Å². The van der Waals surface area contributed by atoms with Crippen molar-refractivity contribution in [3.8, 4) is 28.7 Å². The number of rotatable bonds is 17. The third-order valence-corrected chi connectivity index (χ3v) is 7.84. The number of unbranched alkanes of at least 4 members (excludes halogenated alkanes) is 1. The van der Waals surface area contributed by atoms with Crippen molar-refractivity contribution in [3.05, 3.63) is 47.5 Å². The summed E-state index contributed by atoms with van der Waals surface area (Å²) in [5.41, 5.74) is 19.3. The highest BCUT2D eigenvalue weighted by atomic mass is 16.5. The molecule has 1 heterocycles. The summed E-state index contributed by atoms with van der Waals surface area (Å²) in [6.45, 7) is 16.7. The molecule has 2 aromatic carbocycles. The van der Waals surface area contributed by atoms with E-state index in [0.29, 0.717) is 54.1 Å². The fraction of sp³-hybridized carbons (Fsp3) is 0.571. The maximum Gasteiger partial charge on any atom is 0.247 e. The van der Waals surface area contributed by atoms with E-state index in [-0.39, 0.29) is 63.7 Å². The molecule has 2 atom stereocenters. The lowest BCUT2D eigenvalue weighted by molar-refractivity contribution is -0.139. The SMILES string of the molecule is CC.CC.CCCCN.CCNCCC(=O)NCC(=O)N(C)C1C(=O)NCC(=O)NC(C)Cc2ccc(OCCN)c(c2)-c2cc1ccc2OCCN.N#CCNC=O. The Morgan fingerprint density at radius 3 is 2.08 bits per heavy atom. The Hall–Kier alpha value is -5.28. The molecule has 332 valence electrons. The molecule has 1 aliphatic rings. The number of carbonyl (C=O) groups excluding carboxylic acids is 5. The van der Waals surface area contributed by atoms with E-state index in [2.05, 4.69) is 33.5 Å². The Balaban J connectivity index is 0. The van der Waals surface area contributed by atoms with E-state index in [4.69, 9.17) is 31.9 Å². The Labute approximate surface area is 351 Å². The first-order valence-corrected chi connectivity index (χ1v) is 20.5. The van der Waals surface area contributed by atoms with Gasteiger partial charge in [0.2, 0.25) is 30.0 Å². The summed E-state index contributed by atoms with van der Waals surface area (Å²) < 4.78 is 12.0. The van der Waals surface area contributed by atoms with Crippen LogP contribution in [0.5, 0.6) is 11.5 Å². The number of nitriles is 1. The van der Waals surface area contributed by atoms with Gasteiger partial charge in [0, 0.05) is 50.3 Å². The van der Waals surface area contributed by atoms with Gasteiger partial charge in [-0.25, -0.2) is 0 Å². The van der Waals surface area contributed by atoms with Crippen LogP contribution in [-0.2, 0) is 30.4 Å². The van der Waals surface area contributed by atoms with Gasteiger partial charge in [-0.05, 0) is 68.2 Å². The second-order valence-corrected chi connectivity index (χ2v) is 12.3. The third-order valence-electron chi connectivity index (χ3n) is 7.84. The second-order valence-electron chi connectivity index (χ2n) is 12.3. The van der Waals surface area contributed by atoms with Crippen molar-refractivity contribution in [1.29, 1.82) is 5.26 Å². The maximum absolute atomic E-state index is 13.7. The number of hydrogen-bond acceptors (Lipinski definition) is 12. The molecule has 4 bridgehead atoms. The van der Waals surface area contributed by atoms with E-state index in [1.165, 1.54) is 24.8 Å². The maximum atomic E-state index is 13.7. The molecule has 5 amide bonds. The topological polar surface area (TPSA) is 269 Å². The number of amides is 5. The van der Waals surface area contributed by atoms with E-state index < -0.39 is 17.9 Å². The van der Waals surface area contributed by atoms with Crippen molar-refractivity contribution >= 4 is 30.0 Å². The van der Waals surface area contributed by atoms with Crippen LogP contribution >= 0.6 is 0 Å². The van der Waals surface area contributed by atoms with E-state index in [1.54, 1.807) is 24.3 Å². The highest BCUT2D eigenvalue weighted by Crippen LogP contribution is 2.40. The normalized spacial score (nSPS) is 13.9. The zero-order valence-corrected chi connectivity index (χ0v) is 36.6. The highest BCUT2D eigenvalue weighted by Gasteiger charge is 2.31. The number of nitrogens with two attached hydrogens (primary N) is 3. The molecule has 1 aliphatic heterocycles. The zero-order chi connectivity index (χ0) is 45.0. The molecule has 0 fully saturated rings. The first-order chi connectivity index (χ1) is 28.5. The van der Waals surface area contributed by atoms with Crippen LogP contribution in [0.15, 0.2) is 36.4 Å². The molecule has 0 aromatic heterocycles. The predicted molar refractivity (Wildman–Crippen MR) is 233 cm³/mol. The fourth-order valence-corrected chi connectivity index (χ4v) is 5.18. The van der Waals surface area contributed by atoms with Crippen molar-refractivity contribution in [1.82, 2.24) is 31.5 Å². The van der Waals surface area contributed by atoms with Crippen molar-refractivity contribution in [2.45, 2.75) is 86.2 Å². The zero-order valence-electron chi connectivity index (χ0n) is 36.6. The summed E-state index contributed by atoms with van der Waals surface area (Å²) in [6, 6.07) is 11.3. The van der Waals surface area contributed by atoms with Crippen LogP contribution in [0.4, 0.5) is 0 Å². The van der Waals surface area contributed by atoms with Gasteiger partial charge in [-0.1, -0.05) is 60.1 Å². The van der Waals surface area contributed by atoms with Crippen LogP contribution in [0.2, 0.25) is 0 Å². The quantitative estimate of drug-likeness (QED) is 0.0646. The van der Waals surface area contributed by atoms with E-state index in [0.717, 1.165) is 18.7 Å². The molecule has 3 rings (SSSR count). The average Bonchev–Trinajstić information content (AvgIpc) is 3.25. The van der Waals surface area contributed by atoms with Crippen LogP contribution in [0.25, 0.3) is 11.1 Å². The van der Waals surface area contributed by atoms with Crippen LogP contribution < -0.4 is 53.3 Å². The minimum Gasteiger partial charge on any atom is -0.492 e. The molecule has 17 heteroatoms. The Bertz CT molecular complexity index is 1540. The molecule has 0 saturated carbocycles. The molecule has 0 saturated heterocycles. The summed E-state index contributed by atoms with van der Waals surface area (Å²) in [6.07, 6.45) is 3.62. The minimum absolute atomic E-state index is 0.101. The Kier molecular flexibility index (Phi) is 33.9. The van der Waals surface area contributed by atoms with Crippen LogP contribution in [0.3, 0.4) is 0 Å². The van der Waals surface area contributed by atoms with Crippen LogP contribution in [-0.4, -0.2) is 114 Å². The Morgan fingerprint density at radius 2 is 1.58 bits per heavy atom. The summed E-state index contributed by atoms with van der Waals surface area (Å²) in [7, 11) is 1.48. The van der Waals surface area contributed by atoms with Gasteiger partial charge in [0.1, 0.15) is 37.3 Å². The fourth-order valence-electron chi connectivity index (χ4n) is 5.18. The van der Waals surface area contributed by atoms with Gasteiger partial charge in [0.05, 0.1) is 19.2 Å². The number of carbonyl (C=O) groups is 5. The van der Waals surface area contributed by atoms with Crippen LogP contribution in [0, 0.1) is 11.3 Å². The lowest BCUT2D eigenvalue weighted by atomic mass is 9.94. The number of fused-ring (bicyclic) bond motifs is 5. The predicted octanol–water partition coefficient (Wildman–Crippen LogP) is 1.87. The van der Waals surface area contributed by atoms with Crippen molar-refractivity contribution < 1.29 is 33.4 Å². The largest absolute Gasteiger partial charge is 0.492 e. The van der Waals surface area contributed by atoms with Gasteiger partial charge in [-0.2, -0.15) is 5.26 Å². The standard InChI is InChI=1S/C31H45N7O6.C4H11N.C3H4N2O.2C2H6/c1-4-34-12-9-27(39)35-19-29(41)38(3)30-22-6-8-26(44-14-11-33)24(17-22)23-16-21(5-7-25(23)43-13-10-32)15-20(2)37-28(40)18-36-31(30)42;1-2-3-4-5;4-1-2-5-3-6;2*1-2/h5-8,16-17,20,30,34H,4,9-15,18-19,32-33H2,1-3H3,(H,35,39)(H,36,42)(H,37,40);2-5H2,1H3;3H,2H2,(H,5,6);2*1-2H3. The molecule has 0 radical (unpaired) electrons. The molecule has 17 nitrogen and oxygen atoms in total. The summed E-state index contributed by atoms with van der Waals surface area (Å²) >= 11 is 0. The van der Waals surface area contributed by atoms with Crippen molar-refractivity contribution in [2.24, 2.45) is 17.2 Å². The number of nitrogens with one attached hydrogen (secondary N) is 5. The van der Waals surface area contributed by atoms with Crippen molar-refractivity contribution in [2.75, 3.05) is 72.6 Å². The lowest BCUT2D eigenvalue weighted by Crippen LogP contribution is -2.48. The molecular weight excluding hydrogens is 757 g/mol. The number of hydrogen-bond donors (Lipinski definition) is 8. The number of ether oxygens (including phenoxy) is 2. The molecule has 2 aromatic rings. The van der Waals surface area contributed by atoms with Gasteiger partial charge in [-0.15, -0.1) is 0 Å². The van der Waals surface area contributed by atoms with Gasteiger partial charge in [0.25, 0.3) is 0 Å². The minimum atomic E-state index is -1.13. The molecule has 0 spiro atoms. The third kappa shape index (κ3) is 23.0. The molecule has 59 heavy (non-hydrogen) atoms. The molecular formula is C42H72N10O7. The second kappa shape index (κ2) is 35.8. The average molecular weight is 829 g/mol. The Morgan fingerprint density at radius 1 is 0.966 bits per heavy atom.